The minimum absolute atomic E-state index is 0.0518. The molecular weight excluding hydrogens is 545 g/mol. The summed E-state index contributed by atoms with van der Waals surface area (Å²) < 4.78 is 34.2. The SMILES string of the molecule is CC1(F)C(OC(=O)c2ccccc2)C(COC(=O)c2ccccc2)OC1n1ccc(NC(=O)c2ccccc2)nc1=O. The molecule has 1 fully saturated rings. The molecule has 4 aromatic rings. The van der Waals surface area contributed by atoms with Crippen molar-refractivity contribution >= 4 is 23.7 Å². The summed E-state index contributed by atoms with van der Waals surface area (Å²) in [5.41, 5.74) is -2.59. The van der Waals surface area contributed by atoms with Crippen molar-refractivity contribution < 1.29 is 33.0 Å². The molecule has 1 aromatic heterocycles. The summed E-state index contributed by atoms with van der Waals surface area (Å²) >= 11 is 0. The molecule has 214 valence electrons. The maximum atomic E-state index is 16.5. The van der Waals surface area contributed by atoms with E-state index in [9.17, 15) is 19.2 Å². The maximum Gasteiger partial charge on any atom is 0.351 e. The minimum atomic E-state index is -2.46. The van der Waals surface area contributed by atoms with Crippen molar-refractivity contribution in [3.8, 4) is 0 Å². The second kappa shape index (κ2) is 12.1. The van der Waals surface area contributed by atoms with E-state index >= 15 is 4.39 Å². The molecular formula is C31H26FN3O7. The van der Waals surface area contributed by atoms with Crippen molar-refractivity contribution in [2.75, 3.05) is 11.9 Å². The monoisotopic (exact) mass is 571 g/mol. The van der Waals surface area contributed by atoms with E-state index in [1.165, 1.54) is 24.4 Å². The Hall–Kier alpha value is -5.16. The zero-order valence-corrected chi connectivity index (χ0v) is 22.4. The zero-order chi connectivity index (χ0) is 29.7. The third-order valence-electron chi connectivity index (χ3n) is 6.67. The van der Waals surface area contributed by atoms with Gasteiger partial charge in [-0.2, -0.15) is 4.98 Å². The van der Waals surface area contributed by atoms with Crippen LogP contribution in [-0.4, -0.2) is 51.9 Å². The predicted octanol–water partition coefficient (Wildman–Crippen LogP) is 4.20. The molecule has 1 N–H and O–H groups in total. The van der Waals surface area contributed by atoms with Gasteiger partial charge in [-0.25, -0.2) is 18.8 Å². The highest BCUT2D eigenvalue weighted by molar-refractivity contribution is 6.03. The number of rotatable bonds is 8. The second-order valence-corrected chi connectivity index (χ2v) is 9.66. The first-order valence-electron chi connectivity index (χ1n) is 13.0. The number of aromatic nitrogens is 2. The lowest BCUT2D eigenvalue weighted by molar-refractivity contribution is -0.0648. The normalized spacial score (nSPS) is 21.3. The van der Waals surface area contributed by atoms with Crippen molar-refractivity contribution in [3.05, 3.63) is 130 Å². The quantitative estimate of drug-likeness (QED) is 0.312. The largest absolute Gasteiger partial charge is 0.459 e. The number of ether oxygens (including phenoxy) is 3. The molecule has 4 atom stereocenters. The van der Waals surface area contributed by atoms with Crippen LogP contribution in [0.15, 0.2) is 108 Å². The van der Waals surface area contributed by atoms with E-state index in [0.29, 0.717) is 5.56 Å². The van der Waals surface area contributed by atoms with Crippen LogP contribution in [0.5, 0.6) is 0 Å². The fraction of sp³-hybridized carbons (Fsp3) is 0.194. The molecule has 1 saturated heterocycles. The molecule has 10 nitrogen and oxygen atoms in total. The van der Waals surface area contributed by atoms with Gasteiger partial charge in [0.05, 0.1) is 11.1 Å². The van der Waals surface area contributed by atoms with Crippen LogP contribution in [-0.2, 0) is 14.2 Å². The number of halogens is 1. The molecule has 0 radical (unpaired) electrons. The average molecular weight is 572 g/mol. The van der Waals surface area contributed by atoms with Crippen LogP contribution in [0.25, 0.3) is 0 Å². The first kappa shape index (κ1) is 28.4. The molecule has 1 aliphatic rings. The van der Waals surface area contributed by atoms with Gasteiger partial charge in [-0.3, -0.25) is 9.36 Å². The number of nitrogens with zero attached hydrogens (tertiary/aromatic N) is 2. The van der Waals surface area contributed by atoms with Crippen molar-refractivity contribution in [2.24, 2.45) is 0 Å². The highest BCUT2D eigenvalue weighted by Gasteiger charge is 2.58. The molecule has 0 saturated carbocycles. The second-order valence-electron chi connectivity index (χ2n) is 9.66. The van der Waals surface area contributed by atoms with Crippen molar-refractivity contribution in [1.29, 1.82) is 0 Å². The van der Waals surface area contributed by atoms with Crippen LogP contribution in [0.1, 0.15) is 44.2 Å². The van der Waals surface area contributed by atoms with Gasteiger partial charge in [-0.05, 0) is 49.4 Å². The molecule has 0 spiro atoms. The Morgan fingerprint density at radius 2 is 1.43 bits per heavy atom. The van der Waals surface area contributed by atoms with Crippen molar-refractivity contribution in [2.45, 2.75) is 31.0 Å². The number of nitrogens with one attached hydrogen (secondary N) is 1. The Morgan fingerprint density at radius 3 is 2.00 bits per heavy atom. The Balaban J connectivity index is 1.39. The van der Waals surface area contributed by atoms with Gasteiger partial charge in [0.1, 0.15) is 18.5 Å². The number of hydrogen-bond acceptors (Lipinski definition) is 8. The Morgan fingerprint density at radius 1 is 0.881 bits per heavy atom. The molecule has 1 aliphatic heterocycles. The lowest BCUT2D eigenvalue weighted by Crippen LogP contribution is -2.45. The summed E-state index contributed by atoms with van der Waals surface area (Å²) in [5, 5.41) is 2.52. The molecule has 11 heteroatoms. The number of alkyl halides is 1. The number of benzene rings is 3. The van der Waals surface area contributed by atoms with Crippen LogP contribution < -0.4 is 11.0 Å². The minimum Gasteiger partial charge on any atom is -0.459 e. The molecule has 3 aromatic carbocycles. The summed E-state index contributed by atoms with van der Waals surface area (Å²) in [7, 11) is 0. The van der Waals surface area contributed by atoms with Crippen molar-refractivity contribution in [3.63, 3.8) is 0 Å². The third-order valence-corrected chi connectivity index (χ3v) is 6.67. The van der Waals surface area contributed by atoms with Crippen LogP contribution >= 0.6 is 0 Å². The van der Waals surface area contributed by atoms with Gasteiger partial charge in [0.2, 0.25) is 0 Å². The predicted molar refractivity (Wildman–Crippen MR) is 149 cm³/mol. The standard InChI is InChI=1S/C31H26FN3O7/c1-31(32)25(42-28(38)22-15-9-4-10-16-22)23(19-40-27(37)21-13-7-3-8-14-21)41-29(31)35-18-17-24(34-30(35)39)33-26(36)20-11-5-2-6-12-20/h2-18,23,25,29H,19H2,1H3,(H,33,34,36,39). The number of anilines is 1. The molecule has 42 heavy (non-hydrogen) atoms. The van der Waals surface area contributed by atoms with E-state index < -0.39 is 54.2 Å². The Labute approximate surface area is 239 Å². The number of hydrogen-bond donors (Lipinski definition) is 1. The molecule has 4 unspecified atom stereocenters. The van der Waals surface area contributed by atoms with Crippen LogP contribution in [0.3, 0.4) is 0 Å². The summed E-state index contributed by atoms with van der Waals surface area (Å²) in [4.78, 5) is 54.8. The van der Waals surface area contributed by atoms with Gasteiger partial charge in [-0.1, -0.05) is 54.6 Å². The van der Waals surface area contributed by atoms with Gasteiger partial charge in [0.15, 0.2) is 18.0 Å². The first-order valence-corrected chi connectivity index (χ1v) is 13.0. The molecule has 0 aliphatic carbocycles. The van der Waals surface area contributed by atoms with E-state index in [0.717, 1.165) is 11.5 Å². The first-order chi connectivity index (χ1) is 20.2. The van der Waals surface area contributed by atoms with E-state index in [1.54, 1.807) is 78.9 Å². The maximum absolute atomic E-state index is 16.5. The van der Waals surface area contributed by atoms with Crippen LogP contribution in [0, 0.1) is 0 Å². The molecule has 1 amide bonds. The lowest BCUT2D eigenvalue weighted by atomic mass is 9.98. The number of carbonyl (C=O) groups is 3. The van der Waals surface area contributed by atoms with Gasteiger partial charge >= 0.3 is 17.6 Å². The number of esters is 2. The summed E-state index contributed by atoms with van der Waals surface area (Å²) in [6, 6.07) is 25.8. The molecule has 5 rings (SSSR count). The fourth-order valence-corrected chi connectivity index (χ4v) is 4.54. The van der Waals surface area contributed by atoms with E-state index in [4.69, 9.17) is 14.2 Å². The third kappa shape index (κ3) is 6.11. The zero-order valence-electron chi connectivity index (χ0n) is 22.4. The average Bonchev–Trinajstić information content (AvgIpc) is 3.25. The Bertz CT molecular complexity index is 1630. The van der Waals surface area contributed by atoms with E-state index in [-0.39, 0.29) is 16.9 Å². The highest BCUT2D eigenvalue weighted by Crippen LogP contribution is 2.43. The van der Waals surface area contributed by atoms with Gasteiger partial charge in [0, 0.05) is 11.8 Å². The van der Waals surface area contributed by atoms with E-state index in [2.05, 4.69) is 10.3 Å². The highest BCUT2D eigenvalue weighted by atomic mass is 19.1. The van der Waals surface area contributed by atoms with Gasteiger partial charge in [-0.15, -0.1) is 0 Å². The van der Waals surface area contributed by atoms with Crippen LogP contribution in [0.4, 0.5) is 10.2 Å². The van der Waals surface area contributed by atoms with Crippen LogP contribution in [0.2, 0.25) is 0 Å². The fourth-order valence-electron chi connectivity index (χ4n) is 4.54. The van der Waals surface area contributed by atoms with E-state index in [1.807, 2.05) is 0 Å². The Kier molecular flexibility index (Phi) is 8.21. The summed E-state index contributed by atoms with van der Waals surface area (Å²) in [5.74, 6) is -2.05. The summed E-state index contributed by atoms with van der Waals surface area (Å²) in [6.07, 6.45) is -3.23. The molecule has 2 heterocycles. The lowest BCUT2D eigenvalue weighted by Gasteiger charge is -2.27. The van der Waals surface area contributed by atoms with Crippen molar-refractivity contribution in [1.82, 2.24) is 9.55 Å². The molecule has 0 bridgehead atoms. The van der Waals surface area contributed by atoms with Gasteiger partial charge < -0.3 is 19.5 Å². The topological polar surface area (TPSA) is 126 Å². The number of carbonyl (C=O) groups excluding carboxylic acids is 3. The van der Waals surface area contributed by atoms with Gasteiger partial charge in [0.25, 0.3) is 5.91 Å². The smallest absolute Gasteiger partial charge is 0.351 e. The number of amides is 1. The summed E-state index contributed by atoms with van der Waals surface area (Å²) in [6.45, 7) is 0.654.